The molecule has 6 heteroatoms. The van der Waals surface area contributed by atoms with E-state index in [1.807, 2.05) is 30.3 Å². The van der Waals surface area contributed by atoms with E-state index in [0.717, 1.165) is 5.56 Å². The van der Waals surface area contributed by atoms with Crippen molar-refractivity contribution < 1.29 is 19.1 Å². The molecule has 0 saturated heterocycles. The van der Waals surface area contributed by atoms with Crippen LogP contribution in [0.25, 0.3) is 0 Å². The fourth-order valence-electron chi connectivity index (χ4n) is 2.03. The van der Waals surface area contributed by atoms with Crippen molar-refractivity contribution in [2.24, 2.45) is 0 Å². The highest BCUT2D eigenvalue weighted by Gasteiger charge is 2.11. The first-order valence-corrected chi connectivity index (χ1v) is 7.88. The Morgan fingerprint density at radius 2 is 1.88 bits per heavy atom. The van der Waals surface area contributed by atoms with Crippen molar-refractivity contribution in [3.8, 4) is 5.75 Å². The van der Waals surface area contributed by atoms with E-state index in [4.69, 9.17) is 21.1 Å². The number of hydrogen-bond acceptors (Lipinski definition) is 4. The lowest BCUT2D eigenvalue weighted by Gasteiger charge is -2.12. The van der Waals surface area contributed by atoms with E-state index in [1.165, 1.54) is 0 Å². The Bertz CT molecular complexity index is 703. The number of hydrogen-bond donors (Lipinski definition) is 1. The van der Waals surface area contributed by atoms with Crippen LogP contribution in [0, 0.1) is 0 Å². The van der Waals surface area contributed by atoms with Crippen LogP contribution in [0.15, 0.2) is 48.5 Å². The number of benzene rings is 2. The molecule has 0 aromatic heterocycles. The molecule has 2 aromatic carbocycles. The fraction of sp³-hybridized carbons (Fsp3) is 0.222. The van der Waals surface area contributed by atoms with Crippen molar-refractivity contribution in [3.05, 3.63) is 59.1 Å². The van der Waals surface area contributed by atoms with Gasteiger partial charge in [-0.15, -0.1) is 0 Å². The van der Waals surface area contributed by atoms with Crippen molar-refractivity contribution in [2.45, 2.75) is 13.3 Å². The van der Waals surface area contributed by atoms with Gasteiger partial charge < -0.3 is 14.8 Å². The highest BCUT2D eigenvalue weighted by Crippen LogP contribution is 2.28. The van der Waals surface area contributed by atoms with Crippen molar-refractivity contribution in [1.29, 1.82) is 0 Å². The molecule has 0 saturated carbocycles. The monoisotopic (exact) mass is 347 g/mol. The topological polar surface area (TPSA) is 64.6 Å². The van der Waals surface area contributed by atoms with Crippen LogP contribution in [0.5, 0.6) is 5.75 Å². The Morgan fingerprint density at radius 1 is 1.12 bits per heavy atom. The van der Waals surface area contributed by atoms with E-state index < -0.39 is 5.97 Å². The van der Waals surface area contributed by atoms with E-state index >= 15 is 0 Å². The molecule has 0 fully saturated rings. The lowest BCUT2D eigenvalue weighted by atomic mass is 10.1. The summed E-state index contributed by atoms with van der Waals surface area (Å²) < 4.78 is 10.2. The molecule has 0 radical (unpaired) electrons. The van der Waals surface area contributed by atoms with Gasteiger partial charge in [0, 0.05) is 11.1 Å². The van der Waals surface area contributed by atoms with Crippen LogP contribution >= 0.6 is 11.6 Å². The normalized spacial score (nSPS) is 10.1. The van der Waals surface area contributed by atoms with Crippen molar-refractivity contribution >= 4 is 29.2 Å². The van der Waals surface area contributed by atoms with Crippen LogP contribution in [-0.2, 0) is 20.7 Å². The summed E-state index contributed by atoms with van der Waals surface area (Å²) in [5.41, 5.74) is 1.35. The maximum Gasteiger partial charge on any atom is 0.344 e. The summed E-state index contributed by atoms with van der Waals surface area (Å²) in [6.07, 6.45) is 0.237. The summed E-state index contributed by atoms with van der Waals surface area (Å²) in [5, 5.41) is 3.21. The summed E-state index contributed by atoms with van der Waals surface area (Å²) in [5.74, 6) is -0.361. The van der Waals surface area contributed by atoms with Gasteiger partial charge in [0.15, 0.2) is 6.61 Å². The average Bonchev–Trinajstić information content (AvgIpc) is 2.56. The lowest BCUT2D eigenvalue weighted by molar-refractivity contribution is -0.145. The summed E-state index contributed by atoms with van der Waals surface area (Å²) >= 11 is 5.95. The summed E-state index contributed by atoms with van der Waals surface area (Å²) in [4.78, 5) is 23.6. The summed E-state index contributed by atoms with van der Waals surface area (Å²) in [6, 6.07) is 14.2. The van der Waals surface area contributed by atoms with Gasteiger partial charge in [-0.25, -0.2) is 4.79 Å². The zero-order valence-corrected chi connectivity index (χ0v) is 14.0. The second kappa shape index (κ2) is 8.93. The fourth-order valence-corrected chi connectivity index (χ4v) is 2.20. The van der Waals surface area contributed by atoms with Crippen LogP contribution in [0.2, 0.25) is 5.02 Å². The number of carbonyl (C=O) groups excluding carboxylic acids is 2. The molecule has 1 N–H and O–H groups in total. The molecule has 0 aliphatic carbocycles. The zero-order chi connectivity index (χ0) is 17.4. The molecule has 1 amide bonds. The minimum absolute atomic E-state index is 0.190. The highest BCUT2D eigenvalue weighted by atomic mass is 35.5. The van der Waals surface area contributed by atoms with Gasteiger partial charge in [-0.3, -0.25) is 4.79 Å². The number of carbonyl (C=O) groups is 2. The predicted molar refractivity (Wildman–Crippen MR) is 92.4 cm³/mol. The largest absolute Gasteiger partial charge is 0.480 e. The first-order chi connectivity index (χ1) is 11.6. The highest BCUT2D eigenvalue weighted by molar-refractivity contribution is 6.30. The van der Waals surface area contributed by atoms with Gasteiger partial charge in [0.1, 0.15) is 5.75 Å². The van der Waals surface area contributed by atoms with Gasteiger partial charge in [0.2, 0.25) is 5.91 Å². The maximum absolute atomic E-state index is 12.2. The minimum atomic E-state index is -0.487. The van der Waals surface area contributed by atoms with E-state index in [9.17, 15) is 9.59 Å². The Balaban J connectivity index is 2.03. The molecule has 0 aliphatic heterocycles. The third-order valence-corrected chi connectivity index (χ3v) is 3.31. The van der Waals surface area contributed by atoms with Crippen LogP contribution < -0.4 is 10.1 Å². The molecule has 2 rings (SSSR count). The predicted octanol–water partition coefficient (Wildman–Crippen LogP) is 3.46. The van der Waals surface area contributed by atoms with Gasteiger partial charge in [-0.1, -0.05) is 41.9 Å². The van der Waals surface area contributed by atoms with Crippen LogP contribution in [0.1, 0.15) is 12.5 Å². The van der Waals surface area contributed by atoms with Crippen molar-refractivity contribution in [1.82, 2.24) is 0 Å². The minimum Gasteiger partial charge on any atom is -0.480 e. The first-order valence-electron chi connectivity index (χ1n) is 7.50. The Hall–Kier alpha value is -2.53. The van der Waals surface area contributed by atoms with Gasteiger partial charge >= 0.3 is 5.97 Å². The van der Waals surface area contributed by atoms with E-state index in [0.29, 0.717) is 16.5 Å². The molecule has 0 unspecified atom stereocenters. The molecule has 0 aliphatic rings. The van der Waals surface area contributed by atoms with Crippen LogP contribution in [-0.4, -0.2) is 25.1 Å². The quantitative estimate of drug-likeness (QED) is 0.779. The van der Waals surface area contributed by atoms with Crippen LogP contribution in [0.4, 0.5) is 5.69 Å². The summed E-state index contributed by atoms with van der Waals surface area (Å²) in [7, 11) is 0. The van der Waals surface area contributed by atoms with Gasteiger partial charge in [0.05, 0.1) is 18.7 Å². The second-order valence-electron chi connectivity index (χ2n) is 4.94. The van der Waals surface area contributed by atoms with Crippen molar-refractivity contribution in [3.63, 3.8) is 0 Å². The molecule has 0 spiro atoms. The van der Waals surface area contributed by atoms with E-state index in [1.54, 1.807) is 25.1 Å². The molecule has 126 valence electrons. The van der Waals surface area contributed by atoms with E-state index in [-0.39, 0.29) is 25.5 Å². The number of esters is 1. The maximum atomic E-state index is 12.2. The Kier molecular flexibility index (Phi) is 6.63. The Labute approximate surface area is 145 Å². The molecule has 0 atom stereocenters. The van der Waals surface area contributed by atoms with Crippen LogP contribution in [0.3, 0.4) is 0 Å². The number of ether oxygens (including phenoxy) is 2. The molecule has 0 bridgehead atoms. The number of amides is 1. The molecule has 24 heavy (non-hydrogen) atoms. The number of halogens is 1. The molecule has 2 aromatic rings. The smallest absolute Gasteiger partial charge is 0.344 e. The van der Waals surface area contributed by atoms with E-state index in [2.05, 4.69) is 5.32 Å². The SMILES string of the molecule is CCOC(=O)COc1cc(Cl)ccc1NC(=O)Cc1ccccc1. The molecule has 0 heterocycles. The average molecular weight is 348 g/mol. The third kappa shape index (κ3) is 5.59. The van der Waals surface area contributed by atoms with Gasteiger partial charge in [-0.2, -0.15) is 0 Å². The standard InChI is InChI=1S/C18H18ClNO4/c1-2-23-18(22)12-24-16-11-14(19)8-9-15(16)20-17(21)10-13-6-4-3-5-7-13/h3-9,11H,2,10,12H2,1H3,(H,20,21). The molecular formula is C18H18ClNO4. The second-order valence-corrected chi connectivity index (χ2v) is 5.38. The van der Waals surface area contributed by atoms with Crippen molar-refractivity contribution in [2.75, 3.05) is 18.5 Å². The van der Waals surface area contributed by atoms with Gasteiger partial charge in [-0.05, 0) is 24.6 Å². The lowest BCUT2D eigenvalue weighted by Crippen LogP contribution is -2.18. The summed E-state index contributed by atoms with van der Waals surface area (Å²) in [6.45, 7) is 1.74. The zero-order valence-electron chi connectivity index (χ0n) is 13.3. The number of rotatable bonds is 7. The first kappa shape index (κ1) is 17.8. The Morgan fingerprint density at radius 3 is 2.58 bits per heavy atom. The van der Waals surface area contributed by atoms with Gasteiger partial charge in [0.25, 0.3) is 0 Å². The third-order valence-electron chi connectivity index (χ3n) is 3.08. The molecule has 5 nitrogen and oxygen atoms in total. The molecular weight excluding hydrogens is 330 g/mol. The number of nitrogens with one attached hydrogen (secondary N) is 1. The number of anilines is 1.